The molecule has 2 atom stereocenters. The summed E-state index contributed by atoms with van der Waals surface area (Å²) in [6.07, 6.45) is 6.49. The van der Waals surface area contributed by atoms with E-state index in [-0.39, 0.29) is 6.10 Å². The SMILES string of the molecule is NC(=O)c1ccc(N2CCN(c3ccc(OC[C@@H]4CO[C@@](Cn5ccnc5)(c5ccc(Cl)cc5Cl)O4)cc3)CC2)nc1. The molecule has 6 rings (SSSR count). The number of pyridine rings is 1. The van der Waals surface area contributed by atoms with Crippen molar-refractivity contribution >= 4 is 40.6 Å². The second kappa shape index (κ2) is 12.2. The van der Waals surface area contributed by atoms with Crippen LogP contribution in [0.2, 0.25) is 10.0 Å². The Hall–Kier alpha value is -3.83. The monoisotopic (exact) mass is 608 g/mol. The van der Waals surface area contributed by atoms with E-state index < -0.39 is 11.7 Å². The largest absolute Gasteiger partial charge is 0.491 e. The number of imidazole rings is 1. The van der Waals surface area contributed by atoms with Crippen LogP contribution in [0.5, 0.6) is 5.75 Å². The molecule has 2 saturated heterocycles. The fourth-order valence-corrected chi connectivity index (χ4v) is 5.78. The van der Waals surface area contributed by atoms with Gasteiger partial charge in [-0.05, 0) is 48.5 Å². The van der Waals surface area contributed by atoms with Crippen LogP contribution in [0.25, 0.3) is 0 Å². The minimum Gasteiger partial charge on any atom is -0.491 e. The van der Waals surface area contributed by atoms with Gasteiger partial charge in [0, 0.05) is 61.0 Å². The van der Waals surface area contributed by atoms with Crippen molar-refractivity contribution in [3.8, 4) is 5.75 Å². The second-order valence-corrected chi connectivity index (χ2v) is 11.1. The summed E-state index contributed by atoms with van der Waals surface area (Å²) in [5.41, 5.74) is 7.55. The average molecular weight is 610 g/mol. The molecule has 0 saturated carbocycles. The van der Waals surface area contributed by atoms with Gasteiger partial charge in [0.2, 0.25) is 11.7 Å². The number of carbonyl (C=O) groups is 1. The van der Waals surface area contributed by atoms with Gasteiger partial charge in [0.25, 0.3) is 0 Å². The molecule has 1 amide bonds. The minimum absolute atomic E-state index is 0.307. The highest BCUT2D eigenvalue weighted by Gasteiger charge is 2.45. The summed E-state index contributed by atoms with van der Waals surface area (Å²) in [5.74, 6) is 0.0177. The summed E-state index contributed by atoms with van der Waals surface area (Å²) in [6, 6.07) is 16.9. The molecule has 4 aromatic rings. The molecule has 42 heavy (non-hydrogen) atoms. The van der Waals surface area contributed by atoms with Crippen LogP contribution in [-0.4, -0.2) is 65.9 Å². The van der Waals surface area contributed by atoms with Gasteiger partial charge < -0.3 is 34.3 Å². The molecule has 0 bridgehead atoms. The first-order chi connectivity index (χ1) is 20.4. The maximum Gasteiger partial charge on any atom is 0.250 e. The number of halogens is 2. The van der Waals surface area contributed by atoms with Crippen molar-refractivity contribution in [3.63, 3.8) is 0 Å². The third-order valence-corrected chi connectivity index (χ3v) is 7.97. The third-order valence-electron chi connectivity index (χ3n) is 7.42. The molecule has 0 unspecified atom stereocenters. The molecule has 2 aromatic heterocycles. The Labute approximate surface area is 253 Å². The number of anilines is 2. The van der Waals surface area contributed by atoms with Gasteiger partial charge >= 0.3 is 0 Å². The molecule has 0 spiro atoms. The van der Waals surface area contributed by atoms with Crippen molar-refractivity contribution in [1.29, 1.82) is 0 Å². The van der Waals surface area contributed by atoms with Crippen molar-refractivity contribution < 1.29 is 19.0 Å². The van der Waals surface area contributed by atoms with Crippen molar-refractivity contribution in [3.05, 3.63) is 101 Å². The van der Waals surface area contributed by atoms with E-state index in [9.17, 15) is 4.79 Å². The van der Waals surface area contributed by atoms with Crippen LogP contribution in [0.4, 0.5) is 11.5 Å². The topological polar surface area (TPSA) is 108 Å². The second-order valence-electron chi connectivity index (χ2n) is 10.2. The molecule has 10 nitrogen and oxygen atoms in total. The summed E-state index contributed by atoms with van der Waals surface area (Å²) in [4.78, 5) is 24.4. The Bertz CT molecular complexity index is 1510. The lowest BCUT2D eigenvalue weighted by molar-refractivity contribution is -0.189. The van der Waals surface area contributed by atoms with E-state index in [1.54, 1.807) is 30.7 Å². The highest BCUT2D eigenvalue weighted by atomic mass is 35.5. The van der Waals surface area contributed by atoms with Crippen molar-refractivity contribution in [1.82, 2.24) is 14.5 Å². The summed E-state index contributed by atoms with van der Waals surface area (Å²) in [5, 5.41) is 1.01. The van der Waals surface area contributed by atoms with Crippen LogP contribution in [0.3, 0.4) is 0 Å². The van der Waals surface area contributed by atoms with E-state index in [0.29, 0.717) is 40.9 Å². The molecule has 218 valence electrons. The lowest BCUT2D eigenvalue weighted by Crippen LogP contribution is -2.46. The van der Waals surface area contributed by atoms with Crippen molar-refractivity contribution in [2.75, 3.05) is 49.2 Å². The number of ether oxygens (including phenoxy) is 3. The number of piperazine rings is 1. The van der Waals surface area contributed by atoms with Crippen LogP contribution in [0.1, 0.15) is 15.9 Å². The standard InChI is InChI=1S/C30H30Cl2N6O4/c31-22-2-7-26(27(32)15-22)30(19-36-10-9-34-20-36)41-18-25(42-30)17-40-24-5-3-23(4-6-24)37-11-13-38(14-12-37)28-8-1-21(16-35-28)29(33)39/h1-10,15-16,20,25H,11-14,17-19H2,(H2,33,39)/t25-,30-/m1/s1. The quantitative estimate of drug-likeness (QED) is 0.299. The van der Waals surface area contributed by atoms with Gasteiger partial charge in [-0.25, -0.2) is 9.97 Å². The van der Waals surface area contributed by atoms with Crippen LogP contribution in [0.15, 0.2) is 79.5 Å². The van der Waals surface area contributed by atoms with E-state index in [2.05, 4.69) is 31.9 Å². The van der Waals surface area contributed by atoms with E-state index in [4.69, 9.17) is 43.1 Å². The summed E-state index contributed by atoms with van der Waals surface area (Å²) in [7, 11) is 0. The lowest BCUT2D eigenvalue weighted by Gasteiger charge is -2.36. The third kappa shape index (κ3) is 6.17. The predicted octanol–water partition coefficient (Wildman–Crippen LogP) is 4.36. The number of hydrogen-bond donors (Lipinski definition) is 1. The molecule has 2 aliphatic heterocycles. The first-order valence-corrected chi connectivity index (χ1v) is 14.4. The molecular weight excluding hydrogens is 579 g/mol. The average Bonchev–Trinajstić information content (AvgIpc) is 3.67. The Balaban J connectivity index is 1.04. The van der Waals surface area contributed by atoms with E-state index in [1.165, 1.54) is 6.20 Å². The van der Waals surface area contributed by atoms with E-state index >= 15 is 0 Å². The van der Waals surface area contributed by atoms with Gasteiger partial charge in [-0.1, -0.05) is 29.3 Å². The number of primary amides is 1. The predicted molar refractivity (Wildman–Crippen MR) is 160 cm³/mol. The maximum absolute atomic E-state index is 11.3. The highest BCUT2D eigenvalue weighted by molar-refractivity contribution is 6.35. The fraction of sp³-hybridized carbons (Fsp3) is 0.300. The van der Waals surface area contributed by atoms with Gasteiger partial charge in [0.1, 0.15) is 24.3 Å². The van der Waals surface area contributed by atoms with E-state index in [0.717, 1.165) is 43.4 Å². The maximum atomic E-state index is 11.3. The Kier molecular flexibility index (Phi) is 8.21. The zero-order valence-electron chi connectivity index (χ0n) is 22.7. The Morgan fingerprint density at radius 3 is 2.50 bits per heavy atom. The van der Waals surface area contributed by atoms with Gasteiger partial charge in [-0.3, -0.25) is 4.79 Å². The smallest absolute Gasteiger partial charge is 0.250 e. The zero-order chi connectivity index (χ0) is 29.1. The highest BCUT2D eigenvalue weighted by Crippen LogP contribution is 2.40. The van der Waals surface area contributed by atoms with Crippen LogP contribution < -0.4 is 20.3 Å². The first-order valence-electron chi connectivity index (χ1n) is 13.6. The summed E-state index contributed by atoms with van der Waals surface area (Å²) >= 11 is 12.7. The van der Waals surface area contributed by atoms with Gasteiger partial charge in [0.15, 0.2) is 0 Å². The number of benzene rings is 2. The first kappa shape index (κ1) is 28.3. The number of nitrogens with zero attached hydrogens (tertiary/aromatic N) is 5. The molecule has 0 aliphatic carbocycles. The molecule has 2 aliphatic rings. The van der Waals surface area contributed by atoms with Gasteiger partial charge in [-0.15, -0.1) is 0 Å². The molecule has 0 radical (unpaired) electrons. The normalized spacial score (nSPS) is 20.6. The van der Waals surface area contributed by atoms with Crippen LogP contribution in [0, 0.1) is 0 Å². The molecule has 2 fully saturated rings. The molecule has 12 heteroatoms. The number of carbonyl (C=O) groups excluding carboxylic acids is 1. The zero-order valence-corrected chi connectivity index (χ0v) is 24.2. The van der Waals surface area contributed by atoms with Crippen LogP contribution >= 0.6 is 23.2 Å². The fourth-order valence-electron chi connectivity index (χ4n) is 5.23. The number of nitrogens with two attached hydrogens (primary N) is 1. The van der Waals surface area contributed by atoms with Crippen molar-refractivity contribution in [2.45, 2.75) is 18.4 Å². The Morgan fingerprint density at radius 2 is 1.83 bits per heavy atom. The summed E-state index contributed by atoms with van der Waals surface area (Å²) < 4.78 is 20.7. The Morgan fingerprint density at radius 1 is 1.05 bits per heavy atom. The minimum atomic E-state index is -1.10. The number of amides is 1. The van der Waals surface area contributed by atoms with Crippen molar-refractivity contribution in [2.24, 2.45) is 5.73 Å². The summed E-state index contributed by atoms with van der Waals surface area (Å²) in [6.45, 7) is 4.36. The van der Waals surface area contributed by atoms with E-state index in [1.807, 2.05) is 35.0 Å². The number of rotatable bonds is 9. The van der Waals surface area contributed by atoms with Gasteiger partial charge in [0.05, 0.1) is 30.1 Å². The molecular formula is C30H30Cl2N6O4. The molecule has 2 N–H and O–H groups in total. The lowest BCUT2D eigenvalue weighted by atomic mass is 10.1. The number of aromatic nitrogens is 3. The molecule has 2 aromatic carbocycles. The number of hydrogen-bond acceptors (Lipinski definition) is 8. The molecule has 4 heterocycles. The van der Waals surface area contributed by atoms with Crippen LogP contribution in [-0.2, 0) is 21.8 Å². The van der Waals surface area contributed by atoms with Gasteiger partial charge in [-0.2, -0.15) is 0 Å².